The molecule has 1 aromatic rings. The minimum Gasteiger partial charge on any atom is -0.396 e. The number of aliphatic hydroxyl groups excluding tert-OH is 1. The average Bonchev–Trinajstić information content (AvgIpc) is 2.50. The number of rotatable bonds is 6. The molecule has 0 saturated heterocycles. The first-order chi connectivity index (χ1) is 9.72. The number of hydrogen-bond donors (Lipinski definition) is 3. The maximum absolute atomic E-state index is 12.3. The topological polar surface area (TPSA) is 61.4 Å². The van der Waals surface area contributed by atoms with Crippen molar-refractivity contribution >= 4 is 11.6 Å². The largest absolute Gasteiger partial charge is 0.396 e. The van der Waals surface area contributed by atoms with E-state index in [1.54, 1.807) is 0 Å². The summed E-state index contributed by atoms with van der Waals surface area (Å²) in [4.78, 5) is 12.3. The summed E-state index contributed by atoms with van der Waals surface area (Å²) in [6, 6.07) is 8.02. The Labute approximate surface area is 120 Å². The van der Waals surface area contributed by atoms with E-state index in [0.29, 0.717) is 12.5 Å². The van der Waals surface area contributed by atoms with Crippen molar-refractivity contribution < 1.29 is 9.90 Å². The summed E-state index contributed by atoms with van der Waals surface area (Å²) in [6.07, 6.45) is 2.70. The number of carbonyl (C=O) groups excluding carboxylic acids is 1. The molecular formula is C16H24N2O2. The lowest BCUT2D eigenvalue weighted by Crippen LogP contribution is -2.33. The highest BCUT2D eigenvalue weighted by Crippen LogP contribution is 2.31. The number of amides is 1. The molecule has 0 fully saturated rings. The van der Waals surface area contributed by atoms with E-state index in [0.717, 1.165) is 37.1 Å². The van der Waals surface area contributed by atoms with Crippen LogP contribution in [-0.2, 0) is 4.79 Å². The van der Waals surface area contributed by atoms with Crippen molar-refractivity contribution in [2.75, 3.05) is 25.0 Å². The molecular weight excluding hydrogens is 252 g/mol. The molecule has 0 aromatic heterocycles. The van der Waals surface area contributed by atoms with Gasteiger partial charge in [-0.3, -0.25) is 4.79 Å². The van der Waals surface area contributed by atoms with Gasteiger partial charge in [-0.15, -0.1) is 0 Å². The maximum Gasteiger partial charge on any atom is 0.227 e. The molecule has 2 atom stereocenters. The van der Waals surface area contributed by atoms with Gasteiger partial charge < -0.3 is 15.7 Å². The Bertz CT molecular complexity index is 448. The number of para-hydroxylation sites is 1. The van der Waals surface area contributed by atoms with Crippen LogP contribution in [0.1, 0.15) is 37.7 Å². The van der Waals surface area contributed by atoms with Crippen LogP contribution in [0.15, 0.2) is 24.3 Å². The zero-order valence-corrected chi connectivity index (χ0v) is 12.1. The molecule has 4 heteroatoms. The number of benzene rings is 1. The van der Waals surface area contributed by atoms with Gasteiger partial charge in [0.1, 0.15) is 0 Å². The van der Waals surface area contributed by atoms with Crippen molar-refractivity contribution in [2.24, 2.45) is 5.92 Å². The molecule has 0 saturated carbocycles. The van der Waals surface area contributed by atoms with Gasteiger partial charge in [-0.1, -0.05) is 25.1 Å². The monoisotopic (exact) mass is 276 g/mol. The van der Waals surface area contributed by atoms with Gasteiger partial charge in [0.25, 0.3) is 0 Å². The smallest absolute Gasteiger partial charge is 0.227 e. The fraction of sp³-hybridized carbons (Fsp3) is 0.562. The number of fused-ring (bicyclic) bond motifs is 1. The molecule has 0 spiro atoms. The molecule has 110 valence electrons. The third-order valence-corrected chi connectivity index (χ3v) is 3.89. The number of hydrogen-bond acceptors (Lipinski definition) is 3. The summed E-state index contributed by atoms with van der Waals surface area (Å²) in [5.41, 5.74) is 2.17. The predicted molar refractivity (Wildman–Crippen MR) is 80.8 cm³/mol. The Hall–Kier alpha value is -1.55. The fourth-order valence-corrected chi connectivity index (χ4v) is 2.62. The van der Waals surface area contributed by atoms with E-state index in [2.05, 4.69) is 10.6 Å². The van der Waals surface area contributed by atoms with Gasteiger partial charge in [0.2, 0.25) is 5.91 Å². The molecule has 2 rings (SSSR count). The lowest BCUT2D eigenvalue weighted by Gasteiger charge is -2.25. The van der Waals surface area contributed by atoms with Crippen LogP contribution in [0.2, 0.25) is 0 Å². The number of nitrogens with one attached hydrogen (secondary N) is 2. The minimum atomic E-state index is -0.0392. The number of aliphatic hydroxyl groups is 1. The molecule has 0 radical (unpaired) electrons. The quantitative estimate of drug-likeness (QED) is 0.697. The van der Waals surface area contributed by atoms with Crippen molar-refractivity contribution in [2.45, 2.75) is 32.1 Å². The standard InChI is InChI=1S/C16H24N2O2/c1-12(11-19)5-4-9-18-16(20)14-8-10-17-15-7-3-2-6-13(14)15/h2-3,6-7,12,14,17,19H,4-5,8-11H2,1H3,(H,18,20). The predicted octanol–water partition coefficient (Wildman–Crippen LogP) is 2.11. The second-order valence-corrected chi connectivity index (χ2v) is 5.58. The SMILES string of the molecule is CC(CO)CCCNC(=O)C1CCNc2ccccc21. The van der Waals surface area contributed by atoms with Gasteiger partial charge in [0.15, 0.2) is 0 Å². The lowest BCUT2D eigenvalue weighted by atomic mass is 9.90. The third-order valence-electron chi connectivity index (χ3n) is 3.89. The normalized spacial score (nSPS) is 18.8. The number of carbonyl (C=O) groups is 1. The summed E-state index contributed by atoms with van der Waals surface area (Å²) in [5, 5.41) is 15.3. The first-order valence-corrected chi connectivity index (χ1v) is 7.43. The molecule has 0 bridgehead atoms. The Morgan fingerprint density at radius 2 is 2.30 bits per heavy atom. The first kappa shape index (κ1) is 14.9. The van der Waals surface area contributed by atoms with Crippen LogP contribution in [-0.4, -0.2) is 30.7 Å². The van der Waals surface area contributed by atoms with Crippen LogP contribution >= 0.6 is 0 Å². The second kappa shape index (κ2) is 7.29. The first-order valence-electron chi connectivity index (χ1n) is 7.43. The van der Waals surface area contributed by atoms with Crippen LogP contribution in [0.4, 0.5) is 5.69 Å². The van der Waals surface area contributed by atoms with Crippen molar-refractivity contribution in [1.82, 2.24) is 5.32 Å². The van der Waals surface area contributed by atoms with Crippen LogP contribution in [0.25, 0.3) is 0 Å². The average molecular weight is 276 g/mol. The van der Waals surface area contributed by atoms with E-state index in [4.69, 9.17) is 5.11 Å². The third kappa shape index (κ3) is 3.73. The van der Waals surface area contributed by atoms with E-state index in [9.17, 15) is 4.79 Å². The lowest BCUT2D eigenvalue weighted by molar-refractivity contribution is -0.122. The van der Waals surface area contributed by atoms with E-state index >= 15 is 0 Å². The van der Waals surface area contributed by atoms with Crippen molar-refractivity contribution in [1.29, 1.82) is 0 Å². The number of anilines is 1. The summed E-state index contributed by atoms with van der Waals surface area (Å²) < 4.78 is 0. The van der Waals surface area contributed by atoms with E-state index in [-0.39, 0.29) is 18.4 Å². The molecule has 20 heavy (non-hydrogen) atoms. The summed E-state index contributed by atoms with van der Waals surface area (Å²) in [6.45, 7) is 3.77. The van der Waals surface area contributed by atoms with Gasteiger partial charge in [0, 0.05) is 25.4 Å². The highest BCUT2D eigenvalue weighted by Gasteiger charge is 2.25. The molecule has 2 unspecified atom stereocenters. The minimum absolute atomic E-state index is 0.0392. The Morgan fingerprint density at radius 3 is 3.10 bits per heavy atom. The van der Waals surface area contributed by atoms with Gasteiger partial charge in [-0.2, -0.15) is 0 Å². The van der Waals surface area contributed by atoms with Crippen LogP contribution in [0, 0.1) is 5.92 Å². The molecule has 0 aliphatic carbocycles. The highest BCUT2D eigenvalue weighted by atomic mass is 16.3. The van der Waals surface area contributed by atoms with Crippen molar-refractivity contribution in [3.05, 3.63) is 29.8 Å². The Morgan fingerprint density at radius 1 is 1.50 bits per heavy atom. The molecule has 1 aromatic carbocycles. The van der Waals surface area contributed by atoms with Crippen LogP contribution in [0.3, 0.4) is 0 Å². The molecule has 1 heterocycles. The molecule has 1 amide bonds. The maximum atomic E-state index is 12.3. The van der Waals surface area contributed by atoms with E-state index in [1.807, 2.05) is 31.2 Å². The van der Waals surface area contributed by atoms with Crippen molar-refractivity contribution in [3.8, 4) is 0 Å². The van der Waals surface area contributed by atoms with Gasteiger partial charge >= 0.3 is 0 Å². The molecule has 1 aliphatic rings. The van der Waals surface area contributed by atoms with Crippen molar-refractivity contribution in [3.63, 3.8) is 0 Å². The zero-order valence-electron chi connectivity index (χ0n) is 12.1. The molecule has 3 N–H and O–H groups in total. The summed E-state index contributed by atoms with van der Waals surface area (Å²) in [7, 11) is 0. The highest BCUT2D eigenvalue weighted by molar-refractivity contribution is 5.86. The van der Waals surface area contributed by atoms with Crippen LogP contribution < -0.4 is 10.6 Å². The fourth-order valence-electron chi connectivity index (χ4n) is 2.62. The summed E-state index contributed by atoms with van der Waals surface area (Å²) >= 11 is 0. The van der Waals surface area contributed by atoms with E-state index in [1.165, 1.54) is 0 Å². The molecule has 1 aliphatic heterocycles. The Balaban J connectivity index is 1.85. The van der Waals surface area contributed by atoms with E-state index < -0.39 is 0 Å². The Kier molecular flexibility index (Phi) is 5.41. The zero-order chi connectivity index (χ0) is 14.4. The van der Waals surface area contributed by atoms with Crippen LogP contribution in [0.5, 0.6) is 0 Å². The molecule has 4 nitrogen and oxygen atoms in total. The second-order valence-electron chi connectivity index (χ2n) is 5.58. The van der Waals surface area contributed by atoms with Gasteiger partial charge in [-0.25, -0.2) is 0 Å². The van der Waals surface area contributed by atoms with Gasteiger partial charge in [-0.05, 0) is 36.8 Å². The van der Waals surface area contributed by atoms with Gasteiger partial charge in [0.05, 0.1) is 5.92 Å². The summed E-state index contributed by atoms with van der Waals surface area (Å²) in [5.74, 6) is 0.393.